The highest BCUT2D eigenvalue weighted by Gasteiger charge is 2.74. The van der Waals surface area contributed by atoms with Crippen molar-refractivity contribution in [1.29, 1.82) is 0 Å². The van der Waals surface area contributed by atoms with Crippen molar-refractivity contribution in [2.24, 2.45) is 11.8 Å². The van der Waals surface area contributed by atoms with Gasteiger partial charge in [-0.2, -0.15) is 0 Å². The number of ether oxygens (including phenoxy) is 1. The van der Waals surface area contributed by atoms with E-state index in [1.54, 1.807) is 4.90 Å². The van der Waals surface area contributed by atoms with Crippen molar-refractivity contribution in [2.45, 2.75) is 74.9 Å². The fourth-order valence-corrected chi connectivity index (χ4v) is 6.21. The van der Waals surface area contributed by atoms with Gasteiger partial charge in [-0.05, 0) is 31.2 Å². The van der Waals surface area contributed by atoms with E-state index in [0.29, 0.717) is 6.54 Å². The lowest BCUT2D eigenvalue weighted by atomic mass is 9.74. The average molecular weight is 436 g/mol. The van der Waals surface area contributed by atoms with E-state index in [0.717, 1.165) is 44.1 Å². The largest absolute Gasteiger partial charge is 0.359 e. The molecule has 2 bridgehead atoms. The summed E-state index contributed by atoms with van der Waals surface area (Å²) in [6, 6.07) is 9.26. The molecule has 7 nitrogen and oxygen atoms in total. The van der Waals surface area contributed by atoms with Crippen LogP contribution in [0.4, 0.5) is 0 Å². The van der Waals surface area contributed by atoms with Gasteiger partial charge in [-0.1, -0.05) is 55.3 Å². The Labute approximate surface area is 187 Å². The summed E-state index contributed by atoms with van der Waals surface area (Å²) >= 11 is 0. The summed E-state index contributed by atoms with van der Waals surface area (Å²) in [6.07, 6.45) is 9.31. The van der Waals surface area contributed by atoms with E-state index < -0.39 is 29.6 Å². The number of carbonyl (C=O) groups is 3. The van der Waals surface area contributed by atoms with Crippen molar-refractivity contribution in [3.63, 3.8) is 0 Å². The summed E-state index contributed by atoms with van der Waals surface area (Å²) < 4.78 is 6.35. The first-order valence-electron chi connectivity index (χ1n) is 11.9. The van der Waals surface area contributed by atoms with Crippen LogP contribution in [0.15, 0.2) is 42.5 Å². The molecule has 2 saturated heterocycles. The molecule has 7 heteroatoms. The maximum atomic E-state index is 13.6. The number of nitrogens with one attached hydrogen (secondary N) is 2. The molecule has 5 aliphatic rings. The van der Waals surface area contributed by atoms with Crippen molar-refractivity contribution in [1.82, 2.24) is 15.5 Å². The van der Waals surface area contributed by atoms with Gasteiger partial charge >= 0.3 is 0 Å². The smallest absolute Gasteiger partial charge is 0.246 e. The van der Waals surface area contributed by atoms with Crippen LogP contribution in [-0.2, 0) is 25.7 Å². The molecule has 3 heterocycles. The molecule has 4 fully saturated rings. The summed E-state index contributed by atoms with van der Waals surface area (Å²) in [5, 5.41) is 6.18. The van der Waals surface area contributed by atoms with Crippen LogP contribution in [-0.4, -0.2) is 52.5 Å². The molecule has 0 unspecified atom stereocenters. The highest BCUT2D eigenvalue weighted by molar-refractivity contribution is 6.00. The molecule has 32 heavy (non-hydrogen) atoms. The van der Waals surface area contributed by atoms with Crippen LogP contribution in [0, 0.1) is 11.8 Å². The molecule has 0 radical (unpaired) electrons. The SMILES string of the molecule is O=C(NCc1ccccc1)[C@@H]1[C@H]2C=C[C@]3(O2)[C@H](C(=O)NC2CCCC2)N(C2CC2)C(=O)[C@@H]13. The highest BCUT2D eigenvalue weighted by Crippen LogP contribution is 2.57. The van der Waals surface area contributed by atoms with E-state index in [2.05, 4.69) is 10.6 Å². The lowest BCUT2D eigenvalue weighted by Crippen LogP contribution is -2.56. The standard InChI is InChI=1S/C25H29N3O4/c29-22(26-14-15-6-2-1-3-7-15)19-18-12-13-25(32-18)20(19)24(31)28(17-10-11-17)21(25)23(30)27-16-8-4-5-9-16/h1-3,6-7,12-13,16-21H,4-5,8-11,14H2,(H,26,29)(H,27,30)/t18-,19-,20-,21+,25-/m1/s1. The van der Waals surface area contributed by atoms with Gasteiger partial charge in [-0.3, -0.25) is 14.4 Å². The van der Waals surface area contributed by atoms with Crippen LogP contribution in [0.2, 0.25) is 0 Å². The summed E-state index contributed by atoms with van der Waals surface area (Å²) in [7, 11) is 0. The lowest BCUT2D eigenvalue weighted by Gasteiger charge is -2.33. The van der Waals surface area contributed by atoms with Crippen molar-refractivity contribution in [3.05, 3.63) is 48.0 Å². The van der Waals surface area contributed by atoms with E-state index in [1.165, 1.54) is 0 Å². The second-order valence-corrected chi connectivity index (χ2v) is 9.87. The van der Waals surface area contributed by atoms with Crippen LogP contribution in [0.3, 0.4) is 0 Å². The number of likely N-dealkylation sites (tertiary alicyclic amines) is 1. The maximum Gasteiger partial charge on any atom is 0.246 e. The molecule has 2 saturated carbocycles. The third-order valence-electron chi connectivity index (χ3n) is 7.81. The topological polar surface area (TPSA) is 87.7 Å². The summed E-state index contributed by atoms with van der Waals surface area (Å²) in [6.45, 7) is 0.401. The number of hydrogen-bond donors (Lipinski definition) is 2. The molecule has 1 spiro atoms. The fourth-order valence-electron chi connectivity index (χ4n) is 6.21. The number of carbonyl (C=O) groups excluding carboxylic acids is 3. The van der Waals surface area contributed by atoms with E-state index in [9.17, 15) is 14.4 Å². The predicted octanol–water partition coefficient (Wildman–Crippen LogP) is 1.67. The maximum absolute atomic E-state index is 13.6. The van der Waals surface area contributed by atoms with Crippen LogP contribution in [0.5, 0.6) is 0 Å². The second-order valence-electron chi connectivity index (χ2n) is 9.87. The average Bonchev–Trinajstić information content (AvgIpc) is 3.13. The molecule has 5 atom stereocenters. The molecule has 6 rings (SSSR count). The zero-order valence-corrected chi connectivity index (χ0v) is 18.0. The Bertz CT molecular complexity index is 969. The van der Waals surface area contributed by atoms with Gasteiger partial charge < -0.3 is 20.3 Å². The predicted molar refractivity (Wildman–Crippen MR) is 116 cm³/mol. The number of nitrogens with zero attached hydrogens (tertiary/aromatic N) is 1. The van der Waals surface area contributed by atoms with Gasteiger partial charge in [0.2, 0.25) is 17.7 Å². The van der Waals surface area contributed by atoms with Gasteiger partial charge in [0, 0.05) is 18.6 Å². The van der Waals surface area contributed by atoms with Gasteiger partial charge in [-0.15, -0.1) is 0 Å². The Kier molecular flexibility index (Phi) is 4.64. The molecule has 3 aliphatic heterocycles. The quantitative estimate of drug-likeness (QED) is 0.666. The molecule has 2 aliphatic carbocycles. The van der Waals surface area contributed by atoms with Crippen LogP contribution in [0.25, 0.3) is 0 Å². The number of rotatable bonds is 6. The molecule has 1 aromatic rings. The number of hydrogen-bond acceptors (Lipinski definition) is 4. The van der Waals surface area contributed by atoms with E-state index in [-0.39, 0.29) is 29.8 Å². The minimum atomic E-state index is -1.04. The van der Waals surface area contributed by atoms with Crippen molar-refractivity contribution >= 4 is 17.7 Å². The van der Waals surface area contributed by atoms with E-state index in [4.69, 9.17) is 4.74 Å². The molecule has 2 N–H and O–H groups in total. The van der Waals surface area contributed by atoms with Crippen LogP contribution < -0.4 is 10.6 Å². The number of benzene rings is 1. The molecule has 1 aromatic carbocycles. The number of fused-ring (bicyclic) bond motifs is 1. The fraction of sp³-hybridized carbons (Fsp3) is 0.560. The first kappa shape index (κ1) is 20.0. The van der Waals surface area contributed by atoms with Gasteiger partial charge in [0.25, 0.3) is 0 Å². The van der Waals surface area contributed by atoms with Gasteiger partial charge in [0.05, 0.1) is 17.9 Å². The van der Waals surface area contributed by atoms with Crippen molar-refractivity contribution in [2.75, 3.05) is 0 Å². The minimum absolute atomic E-state index is 0.0749. The molecule has 3 amide bonds. The Hall–Kier alpha value is -2.67. The third-order valence-corrected chi connectivity index (χ3v) is 7.81. The Balaban J connectivity index is 1.26. The molecular weight excluding hydrogens is 406 g/mol. The molecular formula is C25H29N3O4. The third kappa shape index (κ3) is 3.01. The molecule has 0 aromatic heterocycles. The van der Waals surface area contributed by atoms with Crippen LogP contribution in [0.1, 0.15) is 44.1 Å². The summed E-state index contributed by atoms with van der Waals surface area (Å²) in [5.41, 5.74) is -0.0386. The first-order chi connectivity index (χ1) is 15.6. The first-order valence-corrected chi connectivity index (χ1v) is 11.9. The Morgan fingerprint density at radius 2 is 1.81 bits per heavy atom. The zero-order valence-electron chi connectivity index (χ0n) is 18.0. The van der Waals surface area contributed by atoms with E-state index in [1.807, 2.05) is 42.5 Å². The van der Waals surface area contributed by atoms with E-state index >= 15 is 0 Å². The Morgan fingerprint density at radius 3 is 2.53 bits per heavy atom. The summed E-state index contributed by atoms with van der Waals surface area (Å²) in [5.74, 6) is -1.67. The summed E-state index contributed by atoms with van der Waals surface area (Å²) in [4.78, 5) is 42.1. The van der Waals surface area contributed by atoms with Gasteiger partial charge in [0.15, 0.2) is 0 Å². The Morgan fingerprint density at radius 1 is 1.06 bits per heavy atom. The van der Waals surface area contributed by atoms with Crippen molar-refractivity contribution < 1.29 is 19.1 Å². The van der Waals surface area contributed by atoms with Gasteiger partial charge in [-0.25, -0.2) is 0 Å². The van der Waals surface area contributed by atoms with Crippen molar-refractivity contribution in [3.8, 4) is 0 Å². The monoisotopic (exact) mass is 435 g/mol. The number of amides is 3. The van der Waals surface area contributed by atoms with Gasteiger partial charge in [0.1, 0.15) is 11.6 Å². The molecule has 168 valence electrons. The second kappa shape index (κ2) is 7.44. The van der Waals surface area contributed by atoms with Crippen LogP contribution >= 0.6 is 0 Å². The zero-order chi connectivity index (χ0) is 21.9. The highest BCUT2D eigenvalue weighted by atomic mass is 16.5. The lowest BCUT2D eigenvalue weighted by molar-refractivity contribution is -0.142. The normalized spacial score (nSPS) is 35.4. The minimum Gasteiger partial charge on any atom is -0.359 e.